The van der Waals surface area contributed by atoms with Crippen LogP contribution in [0.15, 0.2) is 42.7 Å². The summed E-state index contributed by atoms with van der Waals surface area (Å²) in [5.41, 5.74) is 6.10. The quantitative estimate of drug-likeness (QED) is 0.308. The number of rotatable bonds is 11. The van der Waals surface area contributed by atoms with Gasteiger partial charge in [0.15, 0.2) is 6.10 Å². The molecule has 3 amide bonds. The zero-order valence-corrected chi connectivity index (χ0v) is 29.2. The van der Waals surface area contributed by atoms with E-state index in [0.29, 0.717) is 51.6 Å². The van der Waals surface area contributed by atoms with Gasteiger partial charge in [-0.25, -0.2) is 9.78 Å². The van der Waals surface area contributed by atoms with Crippen LogP contribution in [0.5, 0.6) is 0 Å². The van der Waals surface area contributed by atoms with Crippen molar-refractivity contribution in [3.05, 3.63) is 59.4 Å². The van der Waals surface area contributed by atoms with Crippen LogP contribution in [0.1, 0.15) is 42.4 Å². The Morgan fingerprint density at radius 2 is 1.78 bits per heavy atom. The molecule has 3 fully saturated rings. The van der Waals surface area contributed by atoms with Crippen LogP contribution >= 0.6 is 0 Å². The van der Waals surface area contributed by atoms with E-state index in [4.69, 9.17) is 9.47 Å². The van der Waals surface area contributed by atoms with Crippen molar-refractivity contribution in [1.82, 2.24) is 29.2 Å². The first kappa shape index (κ1) is 34.7. The molecular formula is C37H51N7O5. The van der Waals surface area contributed by atoms with Crippen molar-refractivity contribution in [2.24, 2.45) is 7.05 Å². The maximum Gasteiger partial charge on any atom is 0.410 e. The van der Waals surface area contributed by atoms with Gasteiger partial charge in [0, 0.05) is 97.3 Å². The Kier molecular flexibility index (Phi) is 11.4. The minimum absolute atomic E-state index is 0.0424. The molecule has 3 saturated heterocycles. The fourth-order valence-corrected chi connectivity index (χ4v) is 7.80. The van der Waals surface area contributed by atoms with Gasteiger partial charge in [-0.05, 0) is 67.9 Å². The number of fused-ring (bicyclic) bond motifs is 1. The van der Waals surface area contributed by atoms with E-state index >= 15 is 0 Å². The normalized spacial score (nSPS) is 18.8. The lowest BCUT2D eigenvalue weighted by Gasteiger charge is -2.41. The molecule has 0 aliphatic carbocycles. The first-order valence-electron chi connectivity index (χ1n) is 17.8. The number of carbonyl (C=O) groups excluding carboxylic acids is 3. The van der Waals surface area contributed by atoms with Crippen LogP contribution in [0.3, 0.4) is 0 Å². The second-order valence-electron chi connectivity index (χ2n) is 13.6. The van der Waals surface area contributed by atoms with Crippen molar-refractivity contribution >= 4 is 35.1 Å². The van der Waals surface area contributed by atoms with Crippen molar-refractivity contribution in [2.75, 3.05) is 71.4 Å². The van der Waals surface area contributed by atoms with E-state index in [9.17, 15) is 14.4 Å². The Morgan fingerprint density at radius 1 is 1.04 bits per heavy atom. The summed E-state index contributed by atoms with van der Waals surface area (Å²) in [4.78, 5) is 52.3. The van der Waals surface area contributed by atoms with Gasteiger partial charge < -0.3 is 34.1 Å². The largest absolute Gasteiger partial charge is 0.436 e. The standard InChI is InChI=1S/C37H51N7O5/c1-27-22-28(23-33-35(27)40(3)25-39-33)24-34(36(46)42-18-16-41(17-19-42)31-11-20-48-21-12-31)49-37(47)43-14-9-30(10-15-43)44(26-45)13-8-29-6-4-5-7-32(29)38-2/h4-7,22-23,25-26,30-31,34,38H,8-21,24H2,1-3H3/t34-/m1/s1. The highest BCUT2D eigenvalue weighted by Gasteiger charge is 2.35. The van der Waals surface area contributed by atoms with Gasteiger partial charge in [-0.2, -0.15) is 0 Å². The highest BCUT2D eigenvalue weighted by Crippen LogP contribution is 2.24. The van der Waals surface area contributed by atoms with Crippen LogP contribution in [-0.4, -0.2) is 132 Å². The number of ether oxygens (including phenoxy) is 2. The number of benzene rings is 2. The third-order valence-electron chi connectivity index (χ3n) is 10.6. The number of aryl methyl sites for hydroxylation is 2. The number of nitrogens with zero attached hydrogens (tertiary/aromatic N) is 6. The minimum atomic E-state index is -0.945. The molecule has 0 saturated carbocycles. The van der Waals surface area contributed by atoms with Crippen molar-refractivity contribution < 1.29 is 23.9 Å². The maximum atomic E-state index is 14.1. The summed E-state index contributed by atoms with van der Waals surface area (Å²) >= 11 is 0. The Morgan fingerprint density at radius 3 is 2.49 bits per heavy atom. The van der Waals surface area contributed by atoms with Crippen LogP contribution in [-0.2, 0) is 39.0 Å². The number of aromatic nitrogens is 2. The van der Waals surface area contributed by atoms with E-state index in [2.05, 4.69) is 27.3 Å². The number of para-hydroxylation sites is 1. The number of likely N-dealkylation sites (tertiary alicyclic amines) is 1. The van der Waals surface area contributed by atoms with Gasteiger partial charge in [-0.3, -0.25) is 14.5 Å². The van der Waals surface area contributed by atoms with Crippen molar-refractivity contribution in [1.29, 1.82) is 0 Å². The Balaban J connectivity index is 1.09. The second-order valence-corrected chi connectivity index (χ2v) is 13.6. The summed E-state index contributed by atoms with van der Waals surface area (Å²) in [5.74, 6) is -0.150. The average molecular weight is 674 g/mol. The molecule has 3 aliphatic heterocycles. The van der Waals surface area contributed by atoms with Gasteiger partial charge in [-0.1, -0.05) is 24.3 Å². The molecule has 1 N–H and O–H groups in total. The first-order valence-corrected chi connectivity index (χ1v) is 17.8. The molecule has 4 heterocycles. The number of carbonyl (C=O) groups is 3. The van der Waals surface area contributed by atoms with E-state index in [-0.39, 0.29) is 18.4 Å². The highest BCUT2D eigenvalue weighted by molar-refractivity contribution is 5.85. The summed E-state index contributed by atoms with van der Waals surface area (Å²) in [6, 6.07) is 12.7. The topological polar surface area (TPSA) is 112 Å². The third kappa shape index (κ3) is 8.18. The molecule has 0 spiro atoms. The molecule has 264 valence electrons. The van der Waals surface area contributed by atoms with Crippen LogP contribution in [0, 0.1) is 6.92 Å². The zero-order valence-electron chi connectivity index (χ0n) is 29.2. The number of piperidine rings is 1. The smallest absolute Gasteiger partial charge is 0.410 e. The number of hydrogen-bond acceptors (Lipinski definition) is 8. The fraction of sp³-hybridized carbons (Fsp3) is 0.568. The molecule has 0 unspecified atom stereocenters. The van der Waals surface area contributed by atoms with Crippen LogP contribution in [0.2, 0.25) is 0 Å². The Labute approximate surface area is 289 Å². The molecule has 12 heteroatoms. The second kappa shape index (κ2) is 16.0. The van der Waals surface area contributed by atoms with E-state index in [1.807, 2.05) is 59.7 Å². The molecule has 3 aliphatic rings. The van der Waals surface area contributed by atoms with Gasteiger partial charge in [0.25, 0.3) is 5.91 Å². The molecule has 0 radical (unpaired) electrons. The molecule has 49 heavy (non-hydrogen) atoms. The van der Waals surface area contributed by atoms with Gasteiger partial charge >= 0.3 is 6.09 Å². The highest BCUT2D eigenvalue weighted by atomic mass is 16.6. The van der Waals surface area contributed by atoms with Crippen molar-refractivity contribution in [2.45, 2.75) is 63.6 Å². The third-order valence-corrected chi connectivity index (χ3v) is 10.6. The Hall–Kier alpha value is -4.16. The van der Waals surface area contributed by atoms with Gasteiger partial charge in [-0.15, -0.1) is 0 Å². The molecule has 1 aromatic heterocycles. The average Bonchev–Trinajstić information content (AvgIpc) is 3.52. The predicted molar refractivity (Wildman–Crippen MR) is 188 cm³/mol. The summed E-state index contributed by atoms with van der Waals surface area (Å²) in [5, 5.41) is 3.22. The van der Waals surface area contributed by atoms with Gasteiger partial charge in [0.05, 0.1) is 17.4 Å². The molecule has 3 aromatic rings. The summed E-state index contributed by atoms with van der Waals surface area (Å²) in [6.45, 7) is 7.97. The van der Waals surface area contributed by atoms with E-state index in [0.717, 1.165) is 85.4 Å². The predicted octanol–water partition coefficient (Wildman–Crippen LogP) is 3.46. The lowest BCUT2D eigenvalue weighted by molar-refractivity contribution is -0.143. The number of anilines is 1. The molecule has 12 nitrogen and oxygen atoms in total. The SMILES string of the molecule is CNc1ccccc1CCN(C=O)C1CCN(C(=O)O[C@H](Cc2cc(C)c3c(c2)ncn3C)C(=O)N2CCN(C3CCOCC3)CC2)CC1. The van der Waals surface area contributed by atoms with Gasteiger partial charge in [0.1, 0.15) is 0 Å². The number of nitrogens with one attached hydrogen (secondary N) is 1. The fourth-order valence-electron chi connectivity index (χ4n) is 7.80. The Bertz CT molecular complexity index is 1590. The van der Waals surface area contributed by atoms with E-state index in [1.165, 1.54) is 0 Å². The molecular weight excluding hydrogens is 622 g/mol. The minimum Gasteiger partial charge on any atom is -0.436 e. The molecule has 1 atom stereocenters. The molecule has 6 rings (SSSR count). The molecule has 2 aromatic carbocycles. The number of hydrogen-bond donors (Lipinski definition) is 1. The first-order chi connectivity index (χ1) is 23.8. The van der Waals surface area contributed by atoms with Gasteiger partial charge in [0.2, 0.25) is 6.41 Å². The zero-order chi connectivity index (χ0) is 34.3. The van der Waals surface area contributed by atoms with Crippen molar-refractivity contribution in [3.63, 3.8) is 0 Å². The summed E-state index contributed by atoms with van der Waals surface area (Å²) in [7, 11) is 3.87. The molecule has 0 bridgehead atoms. The van der Waals surface area contributed by atoms with Crippen LogP contribution < -0.4 is 5.32 Å². The maximum absolute atomic E-state index is 14.1. The van der Waals surface area contributed by atoms with E-state index < -0.39 is 12.2 Å². The van der Waals surface area contributed by atoms with Crippen molar-refractivity contribution in [3.8, 4) is 0 Å². The van der Waals surface area contributed by atoms with E-state index in [1.54, 1.807) is 11.2 Å². The lowest BCUT2D eigenvalue weighted by atomic mass is 10.0. The number of piperazine rings is 1. The summed E-state index contributed by atoms with van der Waals surface area (Å²) < 4.78 is 13.7. The number of imidazole rings is 1. The number of amides is 3. The van der Waals surface area contributed by atoms with Crippen LogP contribution in [0.25, 0.3) is 11.0 Å². The lowest BCUT2D eigenvalue weighted by Crippen LogP contribution is -2.56. The van der Waals surface area contributed by atoms with Crippen LogP contribution in [0.4, 0.5) is 10.5 Å². The monoisotopic (exact) mass is 673 g/mol. The summed E-state index contributed by atoms with van der Waals surface area (Å²) in [6.07, 6.45) is 5.68.